The maximum atomic E-state index is 13.8. The average molecular weight is 606 g/mol. The molecule has 4 N–H and O–H groups in total. The second-order valence-electron chi connectivity index (χ2n) is 13.1. The number of carbonyl (C=O) groups is 4. The molecular weight excluding hydrogens is 571 g/mol. The van der Waals surface area contributed by atoms with Crippen molar-refractivity contribution in [3.8, 4) is 11.8 Å². The summed E-state index contributed by atoms with van der Waals surface area (Å²) in [5.41, 5.74) is -1.96. The summed E-state index contributed by atoms with van der Waals surface area (Å²) in [7, 11) is 0. The number of aliphatic hydroxyl groups is 1. The van der Waals surface area contributed by atoms with E-state index in [1.165, 1.54) is 24.8 Å². The first-order chi connectivity index (χ1) is 19.9. The Balaban J connectivity index is 1.30. The highest BCUT2D eigenvalue weighted by Crippen LogP contribution is 2.65. The molecule has 43 heavy (non-hydrogen) atoms. The summed E-state index contributed by atoms with van der Waals surface area (Å²) < 4.78 is 45.9. The van der Waals surface area contributed by atoms with Crippen LogP contribution in [0, 0.1) is 40.3 Å². The smallest absolute Gasteiger partial charge is 0.265 e. The fraction of sp³-hybridized carbons (Fsp3) is 0.621. The van der Waals surface area contributed by atoms with Crippen LogP contribution in [-0.4, -0.2) is 75.9 Å². The summed E-state index contributed by atoms with van der Waals surface area (Å²) in [4.78, 5) is 54.0. The van der Waals surface area contributed by atoms with Gasteiger partial charge in [-0.3, -0.25) is 19.2 Å². The zero-order valence-electron chi connectivity index (χ0n) is 24.1. The Morgan fingerprint density at radius 1 is 1.23 bits per heavy atom. The summed E-state index contributed by atoms with van der Waals surface area (Å²) >= 11 is 0. The molecule has 232 valence electrons. The van der Waals surface area contributed by atoms with E-state index >= 15 is 0 Å². The van der Waals surface area contributed by atoms with Gasteiger partial charge in [-0.25, -0.2) is 13.2 Å². The number of rotatable bonds is 8. The van der Waals surface area contributed by atoms with Crippen molar-refractivity contribution in [1.82, 2.24) is 15.5 Å². The quantitative estimate of drug-likeness (QED) is 0.351. The first kappa shape index (κ1) is 30.6. The normalized spacial score (nSPS) is 28.1. The second-order valence-corrected chi connectivity index (χ2v) is 13.1. The molecular formula is C29H34F3N5O6. The minimum absolute atomic E-state index is 0.0689. The van der Waals surface area contributed by atoms with Gasteiger partial charge in [-0.05, 0) is 43.2 Å². The van der Waals surface area contributed by atoms with E-state index in [-0.39, 0.29) is 41.7 Å². The number of hydrogen-bond donors (Lipinski definition) is 4. The third kappa shape index (κ3) is 5.74. The predicted molar refractivity (Wildman–Crippen MR) is 144 cm³/mol. The number of hydrogen-bond acceptors (Lipinski definition) is 7. The molecule has 0 bridgehead atoms. The van der Waals surface area contributed by atoms with E-state index in [4.69, 9.17) is 4.74 Å². The molecule has 6 atom stereocenters. The molecule has 4 amide bonds. The molecule has 3 fully saturated rings. The number of halogens is 3. The van der Waals surface area contributed by atoms with Gasteiger partial charge < -0.3 is 30.7 Å². The van der Waals surface area contributed by atoms with Crippen molar-refractivity contribution in [2.24, 2.45) is 23.2 Å². The molecule has 2 aliphatic heterocycles. The predicted octanol–water partition coefficient (Wildman–Crippen LogP) is 1.71. The SMILES string of the molecule is CC(C)(O)C(NC(=O)C1CC(F)(F)C1)C(=O)N1C[C@H]2[C@@H]([C@H]1C(=O)N[C@H](C#N)CC1Oc3ccc(F)cc3NC1=O)C2(C)C. The number of fused-ring (bicyclic) bond motifs is 2. The summed E-state index contributed by atoms with van der Waals surface area (Å²) in [6.45, 7) is 6.64. The number of nitrogens with zero attached hydrogens (tertiary/aromatic N) is 2. The minimum Gasteiger partial charge on any atom is -0.478 e. The highest BCUT2D eigenvalue weighted by atomic mass is 19.3. The number of piperidine rings is 1. The maximum absolute atomic E-state index is 13.8. The number of likely N-dealkylation sites (tertiary alicyclic amines) is 1. The summed E-state index contributed by atoms with van der Waals surface area (Å²) in [6, 6.07) is 1.76. The van der Waals surface area contributed by atoms with Gasteiger partial charge in [0.05, 0.1) is 17.4 Å². The summed E-state index contributed by atoms with van der Waals surface area (Å²) in [5, 5.41) is 28.2. The van der Waals surface area contributed by atoms with Crippen LogP contribution < -0.4 is 20.7 Å². The van der Waals surface area contributed by atoms with Gasteiger partial charge in [0.25, 0.3) is 5.91 Å². The fourth-order valence-electron chi connectivity index (χ4n) is 6.52. The van der Waals surface area contributed by atoms with Crippen LogP contribution in [0.1, 0.15) is 47.0 Å². The van der Waals surface area contributed by atoms with Gasteiger partial charge in [-0.1, -0.05) is 13.8 Å². The van der Waals surface area contributed by atoms with Gasteiger partial charge >= 0.3 is 0 Å². The molecule has 5 rings (SSSR count). The van der Waals surface area contributed by atoms with E-state index in [1.54, 1.807) is 0 Å². The molecule has 2 heterocycles. The van der Waals surface area contributed by atoms with Crippen LogP contribution in [0.2, 0.25) is 0 Å². The number of carbonyl (C=O) groups excluding carboxylic acids is 4. The number of anilines is 1. The lowest BCUT2D eigenvalue weighted by atomic mass is 9.80. The largest absolute Gasteiger partial charge is 0.478 e. The molecule has 0 radical (unpaired) electrons. The van der Waals surface area contributed by atoms with Gasteiger partial charge in [0.1, 0.15) is 29.7 Å². The van der Waals surface area contributed by atoms with Crippen LogP contribution >= 0.6 is 0 Å². The van der Waals surface area contributed by atoms with Crippen molar-refractivity contribution in [3.63, 3.8) is 0 Å². The van der Waals surface area contributed by atoms with Crippen LogP contribution in [0.5, 0.6) is 5.75 Å². The Bertz CT molecular complexity index is 1400. The fourth-order valence-corrected chi connectivity index (χ4v) is 6.52. The van der Waals surface area contributed by atoms with Crippen molar-refractivity contribution in [2.45, 2.75) is 82.7 Å². The molecule has 11 nitrogen and oxygen atoms in total. The molecule has 2 aliphatic carbocycles. The first-order valence-corrected chi connectivity index (χ1v) is 14.1. The van der Waals surface area contributed by atoms with Gasteiger partial charge in [-0.15, -0.1) is 0 Å². The number of benzene rings is 1. The van der Waals surface area contributed by atoms with E-state index < -0.39 is 84.0 Å². The third-order valence-electron chi connectivity index (χ3n) is 9.14. The van der Waals surface area contributed by atoms with Crippen LogP contribution in [0.25, 0.3) is 0 Å². The van der Waals surface area contributed by atoms with Gasteiger partial charge in [0, 0.05) is 37.8 Å². The zero-order valence-corrected chi connectivity index (χ0v) is 24.1. The van der Waals surface area contributed by atoms with E-state index in [1.807, 2.05) is 19.9 Å². The van der Waals surface area contributed by atoms with E-state index in [0.717, 1.165) is 12.1 Å². The van der Waals surface area contributed by atoms with Crippen molar-refractivity contribution >= 4 is 29.3 Å². The lowest BCUT2D eigenvalue weighted by Crippen LogP contribution is -2.63. The van der Waals surface area contributed by atoms with E-state index in [0.29, 0.717) is 0 Å². The Hall–Kier alpha value is -3.86. The molecule has 4 aliphatic rings. The third-order valence-corrected chi connectivity index (χ3v) is 9.14. The van der Waals surface area contributed by atoms with E-state index in [9.17, 15) is 42.7 Å². The lowest BCUT2D eigenvalue weighted by molar-refractivity contribution is -0.157. The van der Waals surface area contributed by atoms with Gasteiger partial charge in [0.15, 0.2) is 6.10 Å². The number of amides is 4. The molecule has 2 saturated carbocycles. The maximum Gasteiger partial charge on any atom is 0.265 e. The molecule has 0 aromatic heterocycles. The summed E-state index contributed by atoms with van der Waals surface area (Å²) in [6.07, 6.45) is -2.71. The first-order valence-electron chi connectivity index (χ1n) is 14.1. The molecule has 1 aromatic carbocycles. The molecule has 2 unspecified atom stereocenters. The highest BCUT2D eigenvalue weighted by molar-refractivity contribution is 5.98. The Labute approximate surface area is 246 Å². The Morgan fingerprint density at radius 2 is 1.91 bits per heavy atom. The zero-order chi connectivity index (χ0) is 31.6. The Kier molecular flexibility index (Phi) is 7.40. The molecule has 1 saturated heterocycles. The van der Waals surface area contributed by atoms with Crippen molar-refractivity contribution in [2.75, 3.05) is 11.9 Å². The monoisotopic (exact) mass is 605 g/mol. The van der Waals surface area contributed by atoms with E-state index in [2.05, 4.69) is 16.0 Å². The lowest BCUT2D eigenvalue weighted by Gasteiger charge is -2.39. The number of nitrogens with one attached hydrogen (secondary N) is 3. The highest BCUT2D eigenvalue weighted by Gasteiger charge is 2.70. The van der Waals surface area contributed by atoms with Crippen molar-refractivity contribution in [3.05, 3.63) is 24.0 Å². The molecule has 0 spiro atoms. The standard InChI is InChI=1S/C29H34F3N5O6/c1-27(2)16-12-37(26(41)22(28(3,4)42)36-23(38)13-9-29(31,32)10-13)21(20(16)27)25(40)34-15(11-33)8-19-24(39)35-17-7-14(30)5-6-18(17)43-19/h5-7,13,15-16,19-22,42H,8-10,12H2,1-4H3,(H,34,40)(H,35,39)(H,36,38)/t15-,16-,19?,20-,21-,22?/m0/s1. The Morgan fingerprint density at radius 3 is 2.51 bits per heavy atom. The van der Waals surface area contributed by atoms with Crippen molar-refractivity contribution < 1.29 is 42.2 Å². The molecule has 14 heteroatoms. The minimum atomic E-state index is -2.96. The molecule has 1 aromatic rings. The number of nitriles is 1. The average Bonchev–Trinajstić information content (AvgIpc) is 3.20. The summed E-state index contributed by atoms with van der Waals surface area (Å²) in [5.74, 6) is -7.49. The van der Waals surface area contributed by atoms with Gasteiger partial charge in [-0.2, -0.15) is 5.26 Å². The van der Waals surface area contributed by atoms with Crippen molar-refractivity contribution in [1.29, 1.82) is 5.26 Å². The van der Waals surface area contributed by atoms with Crippen LogP contribution in [0.15, 0.2) is 18.2 Å². The van der Waals surface area contributed by atoms with Crippen LogP contribution in [-0.2, 0) is 19.2 Å². The van der Waals surface area contributed by atoms with Crippen LogP contribution in [0.3, 0.4) is 0 Å². The van der Waals surface area contributed by atoms with Gasteiger partial charge in [0.2, 0.25) is 23.6 Å². The number of ether oxygens (including phenoxy) is 1. The van der Waals surface area contributed by atoms with Crippen LogP contribution in [0.4, 0.5) is 18.9 Å². The second kappa shape index (κ2) is 10.4. The topological polar surface area (TPSA) is 161 Å². The number of alkyl halides is 2.